The van der Waals surface area contributed by atoms with Crippen LogP contribution in [0.5, 0.6) is 11.5 Å². The number of carbonyl (C=O) groups is 1. The summed E-state index contributed by atoms with van der Waals surface area (Å²) in [4.78, 5) is 11.7. The SMILES string of the molecule is COc1ccc(CCNC(=O)[C@H]2CCCO[C@@H]2C(Cl)Cl)cc1OC. The van der Waals surface area contributed by atoms with Crippen LogP contribution in [0.25, 0.3) is 0 Å². The molecule has 0 saturated carbocycles. The van der Waals surface area contributed by atoms with Crippen molar-refractivity contribution < 1.29 is 19.0 Å². The number of carbonyl (C=O) groups excluding carboxylic acids is 1. The minimum absolute atomic E-state index is 0.0634. The van der Waals surface area contributed by atoms with Crippen LogP contribution in [0.3, 0.4) is 0 Å². The first-order chi connectivity index (χ1) is 11.6. The van der Waals surface area contributed by atoms with E-state index >= 15 is 0 Å². The lowest BCUT2D eigenvalue weighted by Crippen LogP contribution is -2.44. The molecule has 1 N–H and O–H groups in total. The zero-order valence-corrected chi connectivity index (χ0v) is 15.4. The van der Waals surface area contributed by atoms with Crippen LogP contribution in [0.4, 0.5) is 0 Å². The van der Waals surface area contributed by atoms with Gasteiger partial charge in [0.1, 0.15) is 4.84 Å². The molecule has 1 fully saturated rings. The van der Waals surface area contributed by atoms with Crippen molar-refractivity contribution in [3.63, 3.8) is 0 Å². The number of benzene rings is 1. The highest BCUT2D eigenvalue weighted by molar-refractivity contribution is 6.44. The predicted molar refractivity (Wildman–Crippen MR) is 94.2 cm³/mol. The average molecular weight is 376 g/mol. The maximum absolute atomic E-state index is 12.4. The van der Waals surface area contributed by atoms with Crippen LogP contribution in [0, 0.1) is 5.92 Å². The highest BCUT2D eigenvalue weighted by atomic mass is 35.5. The highest BCUT2D eigenvalue weighted by Crippen LogP contribution is 2.29. The van der Waals surface area contributed by atoms with Crippen molar-refractivity contribution >= 4 is 29.1 Å². The molecule has 1 aromatic rings. The zero-order valence-electron chi connectivity index (χ0n) is 13.9. The summed E-state index contributed by atoms with van der Waals surface area (Å²) >= 11 is 11.8. The summed E-state index contributed by atoms with van der Waals surface area (Å²) in [6.07, 6.45) is 1.83. The number of hydrogen-bond acceptors (Lipinski definition) is 4. The second-order valence-corrected chi connectivity index (χ2v) is 6.81. The Kier molecular flexibility index (Phi) is 7.46. The molecule has 1 amide bonds. The third-order valence-electron chi connectivity index (χ3n) is 4.11. The number of nitrogens with one attached hydrogen (secondary N) is 1. The van der Waals surface area contributed by atoms with Crippen LogP contribution in [0.15, 0.2) is 18.2 Å². The molecule has 0 bridgehead atoms. The molecule has 134 valence electrons. The van der Waals surface area contributed by atoms with E-state index in [0.29, 0.717) is 31.1 Å². The fourth-order valence-electron chi connectivity index (χ4n) is 2.83. The summed E-state index contributed by atoms with van der Waals surface area (Å²) in [7, 11) is 3.20. The van der Waals surface area contributed by atoms with Gasteiger partial charge in [0.2, 0.25) is 5.91 Å². The van der Waals surface area contributed by atoms with Gasteiger partial charge in [0.25, 0.3) is 0 Å². The average Bonchev–Trinajstić information content (AvgIpc) is 2.61. The quantitative estimate of drug-likeness (QED) is 0.744. The Morgan fingerprint density at radius 3 is 2.75 bits per heavy atom. The molecule has 24 heavy (non-hydrogen) atoms. The Morgan fingerprint density at radius 1 is 1.33 bits per heavy atom. The standard InChI is InChI=1S/C17H23Cl2NO4/c1-22-13-6-5-11(10-14(13)23-2)7-8-20-17(21)12-4-3-9-24-15(12)16(18)19/h5-6,10,12,15-16H,3-4,7-9H2,1-2H3,(H,20,21)/t12-,15-/m0/s1. The van der Waals surface area contributed by atoms with E-state index in [1.54, 1.807) is 14.2 Å². The molecule has 7 heteroatoms. The fourth-order valence-corrected chi connectivity index (χ4v) is 3.33. The molecule has 1 aliphatic heterocycles. The number of methoxy groups -OCH3 is 2. The van der Waals surface area contributed by atoms with Gasteiger partial charge in [0, 0.05) is 13.2 Å². The van der Waals surface area contributed by atoms with E-state index in [0.717, 1.165) is 18.4 Å². The number of amides is 1. The maximum Gasteiger partial charge on any atom is 0.225 e. The van der Waals surface area contributed by atoms with Crippen LogP contribution in [0.2, 0.25) is 0 Å². The van der Waals surface area contributed by atoms with Crippen molar-refractivity contribution in [1.82, 2.24) is 5.32 Å². The van der Waals surface area contributed by atoms with Crippen molar-refractivity contribution in [2.45, 2.75) is 30.2 Å². The minimum Gasteiger partial charge on any atom is -0.493 e. The second kappa shape index (κ2) is 9.35. The highest BCUT2D eigenvalue weighted by Gasteiger charge is 2.35. The smallest absolute Gasteiger partial charge is 0.225 e. The van der Waals surface area contributed by atoms with E-state index in [1.807, 2.05) is 18.2 Å². The van der Waals surface area contributed by atoms with E-state index in [-0.39, 0.29) is 11.8 Å². The van der Waals surface area contributed by atoms with Gasteiger partial charge in [-0.15, -0.1) is 23.2 Å². The first-order valence-corrected chi connectivity index (χ1v) is 8.82. The molecule has 2 rings (SSSR count). The van der Waals surface area contributed by atoms with Crippen molar-refractivity contribution in [2.24, 2.45) is 5.92 Å². The summed E-state index contributed by atoms with van der Waals surface area (Å²) in [5.41, 5.74) is 1.05. The second-order valence-electron chi connectivity index (χ2n) is 5.65. The van der Waals surface area contributed by atoms with Crippen LogP contribution in [-0.2, 0) is 16.0 Å². The van der Waals surface area contributed by atoms with Gasteiger partial charge in [-0.1, -0.05) is 6.07 Å². The number of halogens is 2. The molecule has 1 saturated heterocycles. The van der Waals surface area contributed by atoms with E-state index < -0.39 is 10.9 Å². The third-order valence-corrected chi connectivity index (χ3v) is 4.61. The van der Waals surface area contributed by atoms with Crippen LogP contribution >= 0.6 is 23.2 Å². The lowest BCUT2D eigenvalue weighted by molar-refractivity contribution is -0.133. The molecule has 1 aromatic carbocycles. The Hall–Kier alpha value is -1.17. The molecule has 0 radical (unpaired) electrons. The lowest BCUT2D eigenvalue weighted by atomic mass is 9.94. The third kappa shape index (κ3) is 4.91. The van der Waals surface area contributed by atoms with Crippen molar-refractivity contribution in [1.29, 1.82) is 0 Å². The lowest BCUT2D eigenvalue weighted by Gasteiger charge is -2.31. The zero-order chi connectivity index (χ0) is 17.5. The topological polar surface area (TPSA) is 56.8 Å². The first-order valence-electron chi connectivity index (χ1n) is 7.95. The molecule has 2 atom stereocenters. The summed E-state index contributed by atoms with van der Waals surface area (Å²) in [6.45, 7) is 1.11. The molecule has 5 nitrogen and oxygen atoms in total. The van der Waals surface area contributed by atoms with Gasteiger partial charge < -0.3 is 19.5 Å². The van der Waals surface area contributed by atoms with Crippen molar-refractivity contribution in [3.05, 3.63) is 23.8 Å². The summed E-state index contributed by atoms with van der Waals surface area (Å²) in [5, 5.41) is 2.94. The van der Waals surface area contributed by atoms with Crippen LogP contribution in [0.1, 0.15) is 18.4 Å². The molecular weight excluding hydrogens is 353 g/mol. The number of rotatable bonds is 7. The Balaban J connectivity index is 1.88. The van der Waals surface area contributed by atoms with Gasteiger partial charge in [-0.05, 0) is 37.0 Å². The van der Waals surface area contributed by atoms with Gasteiger partial charge in [0.05, 0.1) is 26.2 Å². The number of alkyl halides is 2. The summed E-state index contributed by atoms with van der Waals surface area (Å²) in [5.74, 6) is 0.993. The van der Waals surface area contributed by atoms with Gasteiger partial charge in [0.15, 0.2) is 11.5 Å². The van der Waals surface area contributed by atoms with Crippen LogP contribution < -0.4 is 14.8 Å². The summed E-state index contributed by atoms with van der Waals surface area (Å²) in [6, 6.07) is 5.71. The Morgan fingerprint density at radius 2 is 2.08 bits per heavy atom. The van der Waals surface area contributed by atoms with Gasteiger partial charge in [-0.25, -0.2) is 0 Å². The molecule has 0 aliphatic carbocycles. The van der Waals surface area contributed by atoms with Crippen molar-refractivity contribution in [2.75, 3.05) is 27.4 Å². The first kappa shape index (κ1) is 19.2. The monoisotopic (exact) mass is 375 g/mol. The number of ether oxygens (including phenoxy) is 3. The van der Waals surface area contributed by atoms with Gasteiger partial charge in [-0.2, -0.15) is 0 Å². The van der Waals surface area contributed by atoms with Gasteiger partial charge in [-0.3, -0.25) is 4.79 Å². The molecule has 1 heterocycles. The summed E-state index contributed by atoms with van der Waals surface area (Å²) < 4.78 is 16.0. The molecule has 0 spiro atoms. The molecule has 0 aromatic heterocycles. The van der Waals surface area contributed by atoms with E-state index in [4.69, 9.17) is 37.4 Å². The van der Waals surface area contributed by atoms with Gasteiger partial charge >= 0.3 is 0 Å². The largest absolute Gasteiger partial charge is 0.493 e. The molecule has 1 aliphatic rings. The molecule has 0 unspecified atom stereocenters. The number of hydrogen-bond donors (Lipinski definition) is 1. The van der Waals surface area contributed by atoms with E-state index in [1.165, 1.54) is 0 Å². The molecular formula is C17H23Cl2NO4. The predicted octanol–water partition coefficient (Wildman–Crippen LogP) is 2.96. The fraction of sp³-hybridized carbons (Fsp3) is 0.588. The van der Waals surface area contributed by atoms with Crippen molar-refractivity contribution in [3.8, 4) is 11.5 Å². The van der Waals surface area contributed by atoms with Crippen LogP contribution in [-0.4, -0.2) is 44.2 Å². The Labute approximate surface area is 152 Å². The normalized spacial score (nSPS) is 20.7. The van der Waals surface area contributed by atoms with E-state index in [9.17, 15) is 4.79 Å². The van der Waals surface area contributed by atoms with E-state index in [2.05, 4.69) is 5.32 Å². The minimum atomic E-state index is -0.702. The Bertz CT molecular complexity index is 553. The maximum atomic E-state index is 12.4.